The summed E-state index contributed by atoms with van der Waals surface area (Å²) in [6.07, 6.45) is 7.65. The molecule has 0 radical (unpaired) electrons. The fourth-order valence-corrected chi connectivity index (χ4v) is 2.42. The van der Waals surface area contributed by atoms with Gasteiger partial charge in [-0.15, -0.1) is 0 Å². The lowest BCUT2D eigenvalue weighted by atomic mass is 9.82. The molecule has 4 nitrogen and oxygen atoms in total. The molecule has 4 heteroatoms. The fraction of sp³-hybridized carbons (Fsp3) is 0.917. The number of aliphatic hydroxyl groups is 1. The highest BCUT2D eigenvalue weighted by atomic mass is 16.3. The summed E-state index contributed by atoms with van der Waals surface area (Å²) in [7, 11) is 0. The van der Waals surface area contributed by atoms with Gasteiger partial charge in [-0.25, -0.2) is 0 Å². The average molecular weight is 226 g/mol. The Labute approximate surface area is 96.8 Å². The Balaban J connectivity index is 1.77. The van der Waals surface area contributed by atoms with E-state index in [1.807, 2.05) is 0 Å². The SMILES string of the molecule is O=C(CNC1CC1)NC1(CO)CCCCC1. The highest BCUT2D eigenvalue weighted by Gasteiger charge is 2.33. The molecule has 2 rings (SSSR count). The van der Waals surface area contributed by atoms with E-state index in [4.69, 9.17) is 0 Å². The molecule has 0 bridgehead atoms. The summed E-state index contributed by atoms with van der Waals surface area (Å²) in [5.41, 5.74) is -0.333. The van der Waals surface area contributed by atoms with Crippen LogP contribution in [0.4, 0.5) is 0 Å². The van der Waals surface area contributed by atoms with E-state index in [1.165, 1.54) is 19.3 Å². The van der Waals surface area contributed by atoms with E-state index >= 15 is 0 Å². The molecule has 3 N–H and O–H groups in total. The zero-order valence-electron chi connectivity index (χ0n) is 9.80. The molecule has 92 valence electrons. The average Bonchev–Trinajstić information content (AvgIpc) is 3.11. The second-order valence-corrected chi connectivity index (χ2v) is 5.20. The number of hydrogen-bond donors (Lipinski definition) is 3. The van der Waals surface area contributed by atoms with E-state index in [2.05, 4.69) is 10.6 Å². The molecule has 0 unspecified atom stereocenters. The highest BCUT2D eigenvalue weighted by Crippen LogP contribution is 2.27. The standard InChI is InChI=1S/C12H22N2O2/c15-9-12(6-2-1-3-7-12)14-11(16)8-13-10-4-5-10/h10,13,15H,1-9H2,(H,14,16). The Morgan fingerprint density at radius 2 is 1.94 bits per heavy atom. The molecule has 0 heterocycles. The van der Waals surface area contributed by atoms with Gasteiger partial charge in [0, 0.05) is 6.04 Å². The zero-order chi connectivity index (χ0) is 11.4. The van der Waals surface area contributed by atoms with Crippen LogP contribution < -0.4 is 10.6 Å². The number of aliphatic hydroxyl groups excluding tert-OH is 1. The molecule has 0 atom stereocenters. The summed E-state index contributed by atoms with van der Waals surface area (Å²) in [5, 5.41) is 15.7. The summed E-state index contributed by atoms with van der Waals surface area (Å²) in [4.78, 5) is 11.7. The third-order valence-electron chi connectivity index (χ3n) is 3.65. The maximum atomic E-state index is 11.7. The third kappa shape index (κ3) is 3.19. The van der Waals surface area contributed by atoms with Crippen molar-refractivity contribution in [3.05, 3.63) is 0 Å². The lowest BCUT2D eigenvalue weighted by Gasteiger charge is -2.36. The molecule has 0 aromatic carbocycles. The minimum Gasteiger partial charge on any atom is -0.394 e. The van der Waals surface area contributed by atoms with Crippen molar-refractivity contribution in [1.29, 1.82) is 0 Å². The van der Waals surface area contributed by atoms with Gasteiger partial charge in [0.25, 0.3) is 0 Å². The van der Waals surface area contributed by atoms with E-state index < -0.39 is 0 Å². The van der Waals surface area contributed by atoms with Gasteiger partial charge >= 0.3 is 0 Å². The molecule has 0 aliphatic heterocycles. The van der Waals surface area contributed by atoms with Gasteiger partial charge in [-0.2, -0.15) is 0 Å². The largest absolute Gasteiger partial charge is 0.394 e. The number of carbonyl (C=O) groups is 1. The van der Waals surface area contributed by atoms with Gasteiger partial charge < -0.3 is 15.7 Å². The molecule has 2 aliphatic carbocycles. The monoisotopic (exact) mass is 226 g/mol. The number of nitrogens with one attached hydrogen (secondary N) is 2. The first-order valence-electron chi connectivity index (χ1n) is 6.39. The molecule has 2 saturated carbocycles. The van der Waals surface area contributed by atoms with Crippen molar-refractivity contribution in [2.45, 2.75) is 56.5 Å². The molecular formula is C12H22N2O2. The normalized spacial score (nSPS) is 24.1. The second kappa shape index (κ2) is 5.15. The van der Waals surface area contributed by atoms with Crippen molar-refractivity contribution in [2.75, 3.05) is 13.2 Å². The first-order valence-corrected chi connectivity index (χ1v) is 6.39. The van der Waals surface area contributed by atoms with E-state index in [0.29, 0.717) is 12.6 Å². The van der Waals surface area contributed by atoms with Crippen LogP contribution >= 0.6 is 0 Å². The van der Waals surface area contributed by atoms with E-state index in [1.54, 1.807) is 0 Å². The predicted octanol–water partition coefficient (Wildman–Crippen LogP) is 0.550. The Morgan fingerprint density at radius 3 is 2.50 bits per heavy atom. The van der Waals surface area contributed by atoms with Crippen LogP contribution in [0, 0.1) is 0 Å². The van der Waals surface area contributed by atoms with Gasteiger partial charge in [0.05, 0.1) is 18.7 Å². The van der Waals surface area contributed by atoms with Crippen molar-refractivity contribution in [3.8, 4) is 0 Å². The van der Waals surface area contributed by atoms with Gasteiger partial charge in [0.15, 0.2) is 0 Å². The van der Waals surface area contributed by atoms with Gasteiger partial charge in [0.2, 0.25) is 5.91 Å². The molecule has 2 aliphatic rings. The number of amides is 1. The lowest BCUT2D eigenvalue weighted by Crippen LogP contribution is -2.54. The van der Waals surface area contributed by atoms with Crippen molar-refractivity contribution in [2.24, 2.45) is 0 Å². The van der Waals surface area contributed by atoms with Crippen molar-refractivity contribution in [3.63, 3.8) is 0 Å². The van der Waals surface area contributed by atoms with Crippen molar-refractivity contribution in [1.82, 2.24) is 10.6 Å². The van der Waals surface area contributed by atoms with Crippen LogP contribution in [-0.4, -0.2) is 35.7 Å². The van der Waals surface area contributed by atoms with Crippen LogP contribution in [0.2, 0.25) is 0 Å². The van der Waals surface area contributed by atoms with Crippen LogP contribution in [0.25, 0.3) is 0 Å². The molecular weight excluding hydrogens is 204 g/mol. The minimum atomic E-state index is -0.333. The Bertz CT molecular complexity index is 245. The summed E-state index contributed by atoms with van der Waals surface area (Å²) in [6, 6.07) is 0.558. The Kier molecular flexibility index (Phi) is 3.82. The maximum Gasteiger partial charge on any atom is 0.234 e. The molecule has 0 saturated heterocycles. The van der Waals surface area contributed by atoms with Gasteiger partial charge in [-0.1, -0.05) is 19.3 Å². The molecule has 0 aromatic heterocycles. The van der Waals surface area contributed by atoms with Crippen molar-refractivity contribution >= 4 is 5.91 Å². The highest BCUT2D eigenvalue weighted by molar-refractivity contribution is 5.79. The molecule has 0 spiro atoms. The first kappa shape index (κ1) is 11.9. The third-order valence-corrected chi connectivity index (χ3v) is 3.65. The Hall–Kier alpha value is -0.610. The van der Waals surface area contributed by atoms with Crippen molar-refractivity contribution < 1.29 is 9.90 Å². The molecule has 2 fully saturated rings. The minimum absolute atomic E-state index is 0.0304. The molecule has 0 aromatic rings. The molecule has 1 amide bonds. The van der Waals surface area contributed by atoms with E-state index in [0.717, 1.165) is 25.7 Å². The van der Waals surface area contributed by atoms with Crippen LogP contribution in [0.3, 0.4) is 0 Å². The van der Waals surface area contributed by atoms with Gasteiger partial charge in [-0.05, 0) is 25.7 Å². The number of rotatable bonds is 5. The summed E-state index contributed by atoms with van der Waals surface area (Å²) in [6.45, 7) is 0.467. The second-order valence-electron chi connectivity index (χ2n) is 5.20. The fourth-order valence-electron chi connectivity index (χ4n) is 2.42. The Morgan fingerprint density at radius 1 is 1.25 bits per heavy atom. The van der Waals surface area contributed by atoms with Crippen LogP contribution in [0.5, 0.6) is 0 Å². The van der Waals surface area contributed by atoms with Gasteiger partial charge in [-0.3, -0.25) is 4.79 Å². The topological polar surface area (TPSA) is 61.4 Å². The summed E-state index contributed by atoms with van der Waals surface area (Å²) in [5.74, 6) is 0.0304. The first-order chi connectivity index (χ1) is 7.74. The van der Waals surface area contributed by atoms with E-state index in [9.17, 15) is 9.90 Å². The summed E-state index contributed by atoms with van der Waals surface area (Å²) >= 11 is 0. The molecule has 16 heavy (non-hydrogen) atoms. The van der Waals surface area contributed by atoms with Gasteiger partial charge in [0.1, 0.15) is 0 Å². The predicted molar refractivity (Wildman–Crippen MR) is 62.1 cm³/mol. The van der Waals surface area contributed by atoms with Crippen LogP contribution in [0.1, 0.15) is 44.9 Å². The maximum absolute atomic E-state index is 11.7. The van der Waals surface area contributed by atoms with Crippen LogP contribution in [0.15, 0.2) is 0 Å². The quantitative estimate of drug-likeness (QED) is 0.641. The summed E-state index contributed by atoms with van der Waals surface area (Å²) < 4.78 is 0. The number of hydrogen-bond acceptors (Lipinski definition) is 3. The zero-order valence-corrected chi connectivity index (χ0v) is 9.80. The number of carbonyl (C=O) groups excluding carboxylic acids is 1. The van der Waals surface area contributed by atoms with Crippen LogP contribution in [-0.2, 0) is 4.79 Å². The smallest absolute Gasteiger partial charge is 0.234 e. The lowest BCUT2D eigenvalue weighted by molar-refractivity contribution is -0.123. The van der Waals surface area contributed by atoms with E-state index in [-0.39, 0.29) is 18.1 Å².